The number of hydrogen-bond donors (Lipinski definition) is 0. The highest BCUT2D eigenvalue weighted by Crippen LogP contribution is 2.36. The Morgan fingerprint density at radius 2 is 2.07 bits per heavy atom. The molecule has 0 saturated carbocycles. The van der Waals surface area contributed by atoms with Crippen molar-refractivity contribution in [3.63, 3.8) is 0 Å². The molecular formula is C12H15NO. The maximum atomic E-state index is 10.6. The van der Waals surface area contributed by atoms with Crippen LogP contribution < -0.4 is 0 Å². The van der Waals surface area contributed by atoms with Crippen molar-refractivity contribution in [2.75, 3.05) is 0 Å². The van der Waals surface area contributed by atoms with Crippen LogP contribution in [-0.4, -0.2) is 11.3 Å². The van der Waals surface area contributed by atoms with Gasteiger partial charge in [-0.25, -0.2) is 0 Å². The van der Waals surface area contributed by atoms with Crippen LogP contribution in [-0.2, 0) is 0 Å². The van der Waals surface area contributed by atoms with Gasteiger partial charge in [0.1, 0.15) is 0 Å². The Kier molecular flexibility index (Phi) is 2.36. The standard InChI is InChI=1S/C12H15NO/c1-8-3-4-9(2)12-11(8)5-10(7-14)6-13-12/h5-9H,3-4H2,1-2H3. The van der Waals surface area contributed by atoms with Gasteiger partial charge >= 0.3 is 0 Å². The van der Waals surface area contributed by atoms with Gasteiger partial charge < -0.3 is 0 Å². The summed E-state index contributed by atoms with van der Waals surface area (Å²) < 4.78 is 0. The summed E-state index contributed by atoms with van der Waals surface area (Å²) in [7, 11) is 0. The summed E-state index contributed by atoms with van der Waals surface area (Å²) in [6.45, 7) is 4.42. The van der Waals surface area contributed by atoms with E-state index in [-0.39, 0.29) is 0 Å². The first kappa shape index (κ1) is 9.38. The van der Waals surface area contributed by atoms with E-state index in [1.54, 1.807) is 6.20 Å². The normalized spacial score (nSPS) is 25.6. The van der Waals surface area contributed by atoms with Crippen LogP contribution in [0, 0.1) is 0 Å². The summed E-state index contributed by atoms with van der Waals surface area (Å²) in [4.78, 5) is 15.0. The van der Waals surface area contributed by atoms with Crippen LogP contribution in [0.4, 0.5) is 0 Å². The van der Waals surface area contributed by atoms with Gasteiger partial charge in [-0.05, 0) is 36.3 Å². The number of aromatic nitrogens is 1. The molecule has 74 valence electrons. The third-order valence-corrected chi connectivity index (χ3v) is 3.14. The van der Waals surface area contributed by atoms with E-state index in [0.29, 0.717) is 17.4 Å². The zero-order chi connectivity index (χ0) is 10.1. The van der Waals surface area contributed by atoms with Crippen LogP contribution in [0.15, 0.2) is 12.3 Å². The quantitative estimate of drug-likeness (QED) is 0.636. The zero-order valence-electron chi connectivity index (χ0n) is 8.66. The number of nitrogens with zero attached hydrogens (tertiary/aromatic N) is 1. The number of pyridine rings is 1. The first-order valence-electron chi connectivity index (χ1n) is 5.17. The van der Waals surface area contributed by atoms with Crippen molar-refractivity contribution in [2.45, 2.75) is 38.5 Å². The molecule has 1 aliphatic rings. The second kappa shape index (κ2) is 3.52. The van der Waals surface area contributed by atoms with E-state index in [1.165, 1.54) is 24.1 Å². The number of carbonyl (C=O) groups is 1. The summed E-state index contributed by atoms with van der Waals surface area (Å²) in [6, 6.07) is 2.00. The van der Waals surface area contributed by atoms with E-state index in [9.17, 15) is 4.79 Å². The molecule has 2 atom stereocenters. The van der Waals surface area contributed by atoms with Crippen molar-refractivity contribution < 1.29 is 4.79 Å². The minimum atomic E-state index is 0.543. The van der Waals surface area contributed by atoms with E-state index in [1.807, 2.05) is 6.07 Å². The first-order valence-corrected chi connectivity index (χ1v) is 5.17. The highest BCUT2D eigenvalue weighted by molar-refractivity contribution is 5.74. The van der Waals surface area contributed by atoms with Crippen LogP contribution in [0.3, 0.4) is 0 Å². The molecule has 0 saturated heterocycles. The average molecular weight is 189 g/mol. The lowest BCUT2D eigenvalue weighted by molar-refractivity contribution is 0.112. The molecule has 0 fully saturated rings. The second-order valence-electron chi connectivity index (χ2n) is 4.24. The predicted octanol–water partition coefficient (Wildman–Crippen LogP) is 2.89. The number of hydrogen-bond acceptors (Lipinski definition) is 2. The molecule has 0 spiro atoms. The van der Waals surface area contributed by atoms with E-state index in [4.69, 9.17) is 0 Å². The van der Waals surface area contributed by atoms with Crippen LogP contribution in [0.25, 0.3) is 0 Å². The zero-order valence-corrected chi connectivity index (χ0v) is 8.66. The van der Waals surface area contributed by atoms with E-state index in [2.05, 4.69) is 18.8 Å². The van der Waals surface area contributed by atoms with Crippen molar-refractivity contribution in [1.82, 2.24) is 4.98 Å². The molecule has 1 heterocycles. The Labute approximate surface area is 84.4 Å². The Hall–Kier alpha value is -1.18. The van der Waals surface area contributed by atoms with Gasteiger partial charge in [0.15, 0.2) is 6.29 Å². The molecule has 2 nitrogen and oxygen atoms in total. The predicted molar refractivity (Wildman–Crippen MR) is 55.7 cm³/mol. The van der Waals surface area contributed by atoms with Gasteiger partial charge in [0.2, 0.25) is 0 Å². The van der Waals surface area contributed by atoms with Gasteiger partial charge in [0.25, 0.3) is 0 Å². The summed E-state index contributed by atoms with van der Waals surface area (Å²) in [5.74, 6) is 1.09. The Morgan fingerprint density at radius 3 is 2.79 bits per heavy atom. The lowest BCUT2D eigenvalue weighted by atomic mass is 9.81. The molecule has 0 N–H and O–H groups in total. The largest absolute Gasteiger partial charge is 0.298 e. The average Bonchev–Trinajstić information content (AvgIpc) is 2.23. The molecule has 0 aliphatic heterocycles. The fourth-order valence-corrected chi connectivity index (χ4v) is 2.17. The summed E-state index contributed by atoms with van der Waals surface area (Å²) in [6.07, 6.45) is 4.97. The molecule has 0 bridgehead atoms. The number of fused-ring (bicyclic) bond motifs is 1. The molecule has 2 rings (SSSR count). The smallest absolute Gasteiger partial charge is 0.151 e. The SMILES string of the molecule is CC1CCC(C)c2ncc(C=O)cc21. The molecular weight excluding hydrogens is 174 g/mol. The minimum absolute atomic E-state index is 0.543. The van der Waals surface area contributed by atoms with Crippen molar-refractivity contribution in [1.29, 1.82) is 0 Å². The third-order valence-electron chi connectivity index (χ3n) is 3.14. The van der Waals surface area contributed by atoms with E-state index >= 15 is 0 Å². The molecule has 1 aliphatic carbocycles. The second-order valence-corrected chi connectivity index (χ2v) is 4.24. The molecule has 1 aromatic rings. The Morgan fingerprint density at radius 1 is 1.36 bits per heavy atom. The maximum Gasteiger partial charge on any atom is 0.151 e. The molecule has 14 heavy (non-hydrogen) atoms. The van der Waals surface area contributed by atoms with E-state index < -0.39 is 0 Å². The number of carbonyl (C=O) groups excluding carboxylic acids is 1. The number of aldehydes is 1. The molecule has 2 heteroatoms. The van der Waals surface area contributed by atoms with Crippen LogP contribution in [0.1, 0.15) is 60.1 Å². The van der Waals surface area contributed by atoms with E-state index in [0.717, 1.165) is 6.29 Å². The van der Waals surface area contributed by atoms with Gasteiger partial charge in [-0.15, -0.1) is 0 Å². The van der Waals surface area contributed by atoms with Gasteiger partial charge in [-0.1, -0.05) is 13.8 Å². The monoisotopic (exact) mass is 189 g/mol. The molecule has 0 amide bonds. The third kappa shape index (κ3) is 1.45. The minimum Gasteiger partial charge on any atom is -0.298 e. The lowest BCUT2D eigenvalue weighted by Crippen LogP contribution is -2.13. The fraction of sp³-hybridized carbons (Fsp3) is 0.500. The number of rotatable bonds is 1. The summed E-state index contributed by atoms with van der Waals surface area (Å²) in [5.41, 5.74) is 3.16. The highest BCUT2D eigenvalue weighted by atomic mass is 16.1. The molecule has 0 aromatic carbocycles. The molecule has 2 unspecified atom stereocenters. The van der Waals surface area contributed by atoms with Crippen molar-refractivity contribution in [3.05, 3.63) is 29.1 Å². The van der Waals surface area contributed by atoms with Crippen molar-refractivity contribution in [3.8, 4) is 0 Å². The fourth-order valence-electron chi connectivity index (χ4n) is 2.17. The summed E-state index contributed by atoms with van der Waals surface area (Å²) in [5, 5.41) is 0. The van der Waals surface area contributed by atoms with Gasteiger partial charge in [-0.3, -0.25) is 9.78 Å². The van der Waals surface area contributed by atoms with Gasteiger partial charge in [0, 0.05) is 17.5 Å². The Bertz CT molecular complexity index is 359. The van der Waals surface area contributed by atoms with Crippen LogP contribution in [0.2, 0.25) is 0 Å². The Balaban J connectivity index is 2.50. The topological polar surface area (TPSA) is 30.0 Å². The van der Waals surface area contributed by atoms with Crippen LogP contribution >= 0.6 is 0 Å². The van der Waals surface area contributed by atoms with Crippen molar-refractivity contribution in [2.24, 2.45) is 0 Å². The maximum absolute atomic E-state index is 10.6. The first-order chi connectivity index (χ1) is 6.72. The molecule has 1 aromatic heterocycles. The summed E-state index contributed by atoms with van der Waals surface area (Å²) >= 11 is 0. The van der Waals surface area contributed by atoms with Gasteiger partial charge in [0.05, 0.1) is 0 Å². The van der Waals surface area contributed by atoms with Gasteiger partial charge in [-0.2, -0.15) is 0 Å². The van der Waals surface area contributed by atoms with Crippen LogP contribution in [0.5, 0.6) is 0 Å². The highest BCUT2D eigenvalue weighted by Gasteiger charge is 2.23. The molecule has 0 radical (unpaired) electrons. The lowest BCUT2D eigenvalue weighted by Gasteiger charge is -2.26. The van der Waals surface area contributed by atoms with Crippen molar-refractivity contribution >= 4 is 6.29 Å².